The van der Waals surface area contributed by atoms with Gasteiger partial charge in [0.15, 0.2) is 0 Å². The minimum Gasteiger partial charge on any atom is -0.381 e. The molecule has 0 aliphatic carbocycles. The van der Waals surface area contributed by atoms with Crippen LogP contribution < -0.4 is 5.32 Å². The van der Waals surface area contributed by atoms with Gasteiger partial charge in [0.2, 0.25) is 5.91 Å². The quantitative estimate of drug-likeness (QED) is 0.656. The van der Waals surface area contributed by atoms with Gasteiger partial charge in [-0.3, -0.25) is 14.9 Å². The zero-order chi connectivity index (χ0) is 13.0. The maximum Gasteiger partial charge on any atom is 0.269 e. The molecule has 0 bridgehead atoms. The summed E-state index contributed by atoms with van der Waals surface area (Å²) < 4.78 is 5.19. The Labute approximate surface area is 104 Å². The highest BCUT2D eigenvalue weighted by atomic mass is 16.6. The van der Waals surface area contributed by atoms with Gasteiger partial charge in [0.25, 0.3) is 5.69 Å². The summed E-state index contributed by atoms with van der Waals surface area (Å²) in [5.74, 6) is -0.0823. The molecule has 6 nitrogen and oxygen atoms in total. The molecule has 1 saturated heterocycles. The van der Waals surface area contributed by atoms with Gasteiger partial charge < -0.3 is 10.1 Å². The van der Waals surface area contributed by atoms with Gasteiger partial charge in [-0.25, -0.2) is 0 Å². The molecule has 1 N–H and O–H groups in total. The molecule has 1 fully saturated rings. The van der Waals surface area contributed by atoms with Crippen molar-refractivity contribution in [3.05, 3.63) is 34.4 Å². The summed E-state index contributed by atoms with van der Waals surface area (Å²) in [6.07, 6.45) is 1.44. The van der Waals surface area contributed by atoms with Gasteiger partial charge in [0, 0.05) is 37.0 Å². The van der Waals surface area contributed by atoms with Crippen molar-refractivity contribution < 1.29 is 14.5 Å². The van der Waals surface area contributed by atoms with Gasteiger partial charge in [0.05, 0.1) is 4.92 Å². The first-order valence-electron chi connectivity index (χ1n) is 5.80. The number of nitro benzene ring substituents is 1. The molecule has 1 aliphatic rings. The SMILES string of the molecule is O=C(Nc1ccc([N+](=O)[O-])cc1)C1CCOCC1. The number of anilines is 1. The average molecular weight is 250 g/mol. The van der Waals surface area contributed by atoms with E-state index >= 15 is 0 Å². The molecule has 18 heavy (non-hydrogen) atoms. The average Bonchev–Trinajstić information content (AvgIpc) is 2.40. The van der Waals surface area contributed by atoms with Crippen LogP contribution in [0.25, 0.3) is 0 Å². The largest absolute Gasteiger partial charge is 0.381 e. The topological polar surface area (TPSA) is 81.5 Å². The molecule has 1 aromatic carbocycles. The maximum absolute atomic E-state index is 11.9. The molecule has 0 saturated carbocycles. The molecule has 1 aliphatic heterocycles. The second-order valence-corrected chi connectivity index (χ2v) is 4.18. The summed E-state index contributed by atoms with van der Waals surface area (Å²) in [5.41, 5.74) is 0.594. The van der Waals surface area contributed by atoms with E-state index in [-0.39, 0.29) is 17.5 Å². The molecule has 1 heterocycles. The van der Waals surface area contributed by atoms with Crippen molar-refractivity contribution in [1.82, 2.24) is 0 Å². The second-order valence-electron chi connectivity index (χ2n) is 4.18. The molecule has 96 valence electrons. The molecule has 0 aromatic heterocycles. The normalized spacial score (nSPS) is 16.2. The third kappa shape index (κ3) is 3.04. The predicted octanol–water partition coefficient (Wildman–Crippen LogP) is 1.96. The van der Waals surface area contributed by atoms with Crippen LogP contribution in [0.15, 0.2) is 24.3 Å². The zero-order valence-corrected chi connectivity index (χ0v) is 9.80. The number of hydrogen-bond acceptors (Lipinski definition) is 4. The van der Waals surface area contributed by atoms with Gasteiger partial charge in [0.1, 0.15) is 0 Å². The van der Waals surface area contributed by atoms with Crippen LogP contribution in [-0.4, -0.2) is 24.0 Å². The number of nitrogens with one attached hydrogen (secondary N) is 1. The Kier molecular flexibility index (Phi) is 3.88. The molecule has 0 atom stereocenters. The number of amides is 1. The first kappa shape index (κ1) is 12.5. The van der Waals surface area contributed by atoms with Crippen molar-refractivity contribution >= 4 is 17.3 Å². The molecular weight excluding hydrogens is 236 g/mol. The third-order valence-electron chi connectivity index (χ3n) is 2.94. The molecule has 0 unspecified atom stereocenters. The highest BCUT2D eigenvalue weighted by molar-refractivity contribution is 5.92. The van der Waals surface area contributed by atoms with E-state index in [2.05, 4.69) is 5.32 Å². The molecular formula is C12H14N2O4. The van der Waals surface area contributed by atoms with Crippen LogP contribution in [0.1, 0.15) is 12.8 Å². The van der Waals surface area contributed by atoms with Crippen LogP contribution in [0.2, 0.25) is 0 Å². The molecule has 2 rings (SSSR count). The van der Waals surface area contributed by atoms with Crippen molar-refractivity contribution in [2.45, 2.75) is 12.8 Å². The molecule has 1 aromatic rings. The number of carbonyl (C=O) groups excluding carboxylic acids is 1. The van der Waals surface area contributed by atoms with Crippen LogP contribution >= 0.6 is 0 Å². The van der Waals surface area contributed by atoms with Crippen molar-refractivity contribution in [1.29, 1.82) is 0 Å². The fraction of sp³-hybridized carbons (Fsp3) is 0.417. The number of ether oxygens (including phenoxy) is 1. The summed E-state index contributed by atoms with van der Waals surface area (Å²) in [5, 5.41) is 13.2. The summed E-state index contributed by atoms with van der Waals surface area (Å²) >= 11 is 0. The maximum atomic E-state index is 11.9. The Balaban J connectivity index is 1.96. The highest BCUT2D eigenvalue weighted by Gasteiger charge is 2.21. The van der Waals surface area contributed by atoms with Gasteiger partial charge in [-0.05, 0) is 25.0 Å². The van der Waals surface area contributed by atoms with Crippen molar-refractivity contribution in [2.24, 2.45) is 5.92 Å². The molecule has 1 amide bonds. The lowest BCUT2D eigenvalue weighted by Gasteiger charge is -2.21. The van der Waals surface area contributed by atoms with Gasteiger partial charge in [-0.2, -0.15) is 0 Å². The molecule has 6 heteroatoms. The molecule has 0 radical (unpaired) electrons. The summed E-state index contributed by atoms with van der Waals surface area (Å²) in [6.45, 7) is 1.22. The van der Waals surface area contributed by atoms with Crippen molar-refractivity contribution in [3.8, 4) is 0 Å². The number of carbonyl (C=O) groups is 1. The van der Waals surface area contributed by atoms with E-state index < -0.39 is 4.92 Å². The van der Waals surface area contributed by atoms with Crippen molar-refractivity contribution in [3.63, 3.8) is 0 Å². The first-order valence-corrected chi connectivity index (χ1v) is 5.80. The monoisotopic (exact) mass is 250 g/mol. The Morgan fingerprint density at radius 2 is 1.89 bits per heavy atom. The third-order valence-corrected chi connectivity index (χ3v) is 2.94. The number of rotatable bonds is 3. The van der Waals surface area contributed by atoms with Crippen LogP contribution in [0.4, 0.5) is 11.4 Å². The summed E-state index contributed by atoms with van der Waals surface area (Å²) in [7, 11) is 0. The number of non-ortho nitro benzene ring substituents is 1. The molecule has 0 spiro atoms. The van der Waals surface area contributed by atoms with Crippen LogP contribution in [0.5, 0.6) is 0 Å². The number of hydrogen-bond donors (Lipinski definition) is 1. The van der Waals surface area contributed by atoms with Gasteiger partial charge in [-0.15, -0.1) is 0 Å². The minimum atomic E-state index is -0.468. The smallest absolute Gasteiger partial charge is 0.269 e. The van der Waals surface area contributed by atoms with E-state index in [0.717, 1.165) is 12.8 Å². The van der Waals surface area contributed by atoms with Crippen LogP contribution in [-0.2, 0) is 9.53 Å². The van der Waals surface area contributed by atoms with Crippen molar-refractivity contribution in [2.75, 3.05) is 18.5 Å². The summed E-state index contributed by atoms with van der Waals surface area (Å²) in [4.78, 5) is 21.9. The minimum absolute atomic E-state index is 0.0130. The predicted molar refractivity (Wildman–Crippen MR) is 65.3 cm³/mol. The van der Waals surface area contributed by atoms with Crippen LogP contribution in [0.3, 0.4) is 0 Å². The first-order chi connectivity index (χ1) is 8.66. The fourth-order valence-electron chi connectivity index (χ4n) is 1.87. The lowest BCUT2D eigenvalue weighted by molar-refractivity contribution is -0.384. The Morgan fingerprint density at radius 3 is 2.44 bits per heavy atom. The van der Waals surface area contributed by atoms with E-state index in [9.17, 15) is 14.9 Å². The van der Waals surface area contributed by atoms with E-state index in [0.29, 0.717) is 18.9 Å². The standard InChI is InChI=1S/C12H14N2O4/c15-12(9-5-7-18-8-6-9)13-10-1-3-11(4-2-10)14(16)17/h1-4,9H,5-8H2,(H,13,15). The van der Waals surface area contributed by atoms with E-state index in [4.69, 9.17) is 4.74 Å². The van der Waals surface area contributed by atoms with E-state index in [1.54, 1.807) is 0 Å². The Bertz CT molecular complexity index is 438. The lowest BCUT2D eigenvalue weighted by atomic mass is 9.99. The second kappa shape index (κ2) is 5.59. The van der Waals surface area contributed by atoms with E-state index in [1.807, 2.05) is 0 Å². The Morgan fingerprint density at radius 1 is 1.28 bits per heavy atom. The fourth-order valence-corrected chi connectivity index (χ4v) is 1.87. The van der Waals surface area contributed by atoms with Gasteiger partial charge >= 0.3 is 0 Å². The number of nitrogens with zero attached hydrogens (tertiary/aromatic N) is 1. The highest BCUT2D eigenvalue weighted by Crippen LogP contribution is 2.19. The number of nitro groups is 1. The van der Waals surface area contributed by atoms with E-state index in [1.165, 1.54) is 24.3 Å². The zero-order valence-electron chi connectivity index (χ0n) is 9.80. The van der Waals surface area contributed by atoms with Crippen LogP contribution in [0, 0.1) is 16.0 Å². The lowest BCUT2D eigenvalue weighted by Crippen LogP contribution is -2.28. The number of benzene rings is 1. The Hall–Kier alpha value is -1.95. The van der Waals surface area contributed by atoms with Gasteiger partial charge in [-0.1, -0.05) is 0 Å². The summed E-state index contributed by atoms with van der Waals surface area (Å²) in [6, 6.07) is 5.82.